The summed E-state index contributed by atoms with van der Waals surface area (Å²) in [4.78, 5) is 14.2. The molecule has 0 aromatic carbocycles. The van der Waals surface area contributed by atoms with Crippen molar-refractivity contribution in [3.8, 4) is 0 Å². The zero-order chi connectivity index (χ0) is 14.7. The number of amides is 1. The molecule has 2 heterocycles. The van der Waals surface area contributed by atoms with Gasteiger partial charge in [-0.05, 0) is 27.7 Å². The molecule has 1 aliphatic heterocycles. The number of hydrogen-bond donors (Lipinski definition) is 1. The van der Waals surface area contributed by atoms with Crippen LogP contribution in [0.15, 0.2) is 10.6 Å². The molecule has 1 N–H and O–H groups in total. The highest BCUT2D eigenvalue weighted by Gasteiger charge is 2.26. The molecule has 0 saturated carbocycles. The van der Waals surface area contributed by atoms with E-state index in [2.05, 4.69) is 36.1 Å². The second-order valence-electron chi connectivity index (χ2n) is 5.60. The molecule has 6 nitrogen and oxygen atoms in total. The molecule has 1 aliphatic rings. The SMILES string of the molecule is Cc1cc(C(=O)NC[C@H](C)N2C[C@@H](C)O[C@H](C)C2)on1. The van der Waals surface area contributed by atoms with Crippen molar-refractivity contribution in [3.63, 3.8) is 0 Å². The van der Waals surface area contributed by atoms with Gasteiger partial charge < -0.3 is 14.6 Å². The van der Waals surface area contributed by atoms with Gasteiger partial charge in [0.2, 0.25) is 5.76 Å². The number of aromatic nitrogens is 1. The summed E-state index contributed by atoms with van der Waals surface area (Å²) in [5.74, 6) is 0.0465. The van der Waals surface area contributed by atoms with Crippen molar-refractivity contribution >= 4 is 5.91 Å². The van der Waals surface area contributed by atoms with Gasteiger partial charge in [0.05, 0.1) is 17.9 Å². The lowest BCUT2D eigenvalue weighted by atomic mass is 10.1. The monoisotopic (exact) mass is 281 g/mol. The summed E-state index contributed by atoms with van der Waals surface area (Å²) in [6, 6.07) is 1.90. The molecule has 20 heavy (non-hydrogen) atoms. The molecule has 1 amide bonds. The van der Waals surface area contributed by atoms with Crippen LogP contribution in [0, 0.1) is 6.92 Å². The Balaban J connectivity index is 1.82. The lowest BCUT2D eigenvalue weighted by Crippen LogP contribution is -2.52. The Bertz CT molecular complexity index is 450. The van der Waals surface area contributed by atoms with Crippen molar-refractivity contribution in [1.82, 2.24) is 15.4 Å². The first-order valence-corrected chi connectivity index (χ1v) is 7.06. The van der Waals surface area contributed by atoms with Crippen LogP contribution < -0.4 is 5.32 Å². The average Bonchev–Trinajstić information content (AvgIpc) is 2.81. The molecule has 0 radical (unpaired) electrons. The van der Waals surface area contributed by atoms with Gasteiger partial charge in [0, 0.05) is 31.7 Å². The summed E-state index contributed by atoms with van der Waals surface area (Å²) in [5.41, 5.74) is 0.707. The minimum atomic E-state index is -0.216. The number of carbonyl (C=O) groups excluding carboxylic acids is 1. The lowest BCUT2D eigenvalue weighted by molar-refractivity contribution is -0.0778. The largest absolute Gasteiger partial charge is 0.373 e. The number of nitrogens with one attached hydrogen (secondary N) is 1. The maximum Gasteiger partial charge on any atom is 0.289 e. The third-order valence-corrected chi connectivity index (χ3v) is 3.48. The maximum absolute atomic E-state index is 11.9. The Morgan fingerprint density at radius 3 is 2.70 bits per heavy atom. The van der Waals surface area contributed by atoms with Gasteiger partial charge in [-0.1, -0.05) is 5.16 Å². The summed E-state index contributed by atoms with van der Waals surface area (Å²) in [7, 11) is 0. The Morgan fingerprint density at radius 1 is 1.50 bits per heavy atom. The van der Waals surface area contributed by atoms with Gasteiger partial charge in [0.25, 0.3) is 5.91 Å². The smallest absolute Gasteiger partial charge is 0.289 e. The Hall–Kier alpha value is -1.40. The molecule has 6 heteroatoms. The Kier molecular flexibility index (Phi) is 4.77. The van der Waals surface area contributed by atoms with Crippen molar-refractivity contribution in [3.05, 3.63) is 17.5 Å². The van der Waals surface area contributed by atoms with E-state index >= 15 is 0 Å². The van der Waals surface area contributed by atoms with Crippen LogP contribution in [-0.4, -0.2) is 53.8 Å². The molecule has 2 rings (SSSR count). The van der Waals surface area contributed by atoms with E-state index in [4.69, 9.17) is 9.26 Å². The van der Waals surface area contributed by atoms with Gasteiger partial charge in [0.1, 0.15) is 0 Å². The van der Waals surface area contributed by atoms with Gasteiger partial charge in [-0.25, -0.2) is 0 Å². The van der Waals surface area contributed by atoms with E-state index in [0.717, 1.165) is 13.1 Å². The first-order chi connectivity index (χ1) is 9.45. The quantitative estimate of drug-likeness (QED) is 0.898. The number of hydrogen-bond acceptors (Lipinski definition) is 5. The standard InChI is InChI=1S/C14H23N3O3/c1-9-5-13(20-16-9)14(18)15-6-10(2)17-7-11(3)19-12(4)8-17/h5,10-12H,6-8H2,1-4H3,(H,15,18)/t10-,11+,12+/m0/s1. The van der Waals surface area contributed by atoms with Gasteiger partial charge in [-0.15, -0.1) is 0 Å². The molecule has 0 bridgehead atoms. The topological polar surface area (TPSA) is 67.6 Å². The van der Waals surface area contributed by atoms with E-state index in [-0.39, 0.29) is 29.9 Å². The summed E-state index contributed by atoms with van der Waals surface area (Å²) in [6.07, 6.45) is 0.461. The highest BCUT2D eigenvalue weighted by molar-refractivity contribution is 5.91. The third kappa shape index (κ3) is 3.80. The van der Waals surface area contributed by atoms with E-state index in [0.29, 0.717) is 12.2 Å². The van der Waals surface area contributed by atoms with Crippen molar-refractivity contribution in [1.29, 1.82) is 0 Å². The number of nitrogens with zero attached hydrogens (tertiary/aromatic N) is 2. The molecule has 0 spiro atoms. The Labute approximate surface area is 119 Å². The summed E-state index contributed by atoms with van der Waals surface area (Å²) in [6.45, 7) is 10.4. The molecule has 1 fully saturated rings. The van der Waals surface area contributed by atoms with Gasteiger partial charge in [-0.3, -0.25) is 9.69 Å². The number of aryl methyl sites for hydroxylation is 1. The van der Waals surface area contributed by atoms with Crippen LogP contribution in [0.4, 0.5) is 0 Å². The van der Waals surface area contributed by atoms with Crippen LogP contribution in [0.5, 0.6) is 0 Å². The average molecular weight is 281 g/mol. The fraction of sp³-hybridized carbons (Fsp3) is 0.714. The van der Waals surface area contributed by atoms with E-state index in [1.54, 1.807) is 13.0 Å². The molecule has 0 aliphatic carbocycles. The lowest BCUT2D eigenvalue weighted by Gasteiger charge is -2.38. The number of carbonyl (C=O) groups is 1. The number of rotatable bonds is 4. The van der Waals surface area contributed by atoms with Crippen molar-refractivity contribution in [2.45, 2.75) is 45.9 Å². The fourth-order valence-corrected chi connectivity index (χ4v) is 2.50. The predicted molar refractivity (Wildman–Crippen MR) is 74.6 cm³/mol. The van der Waals surface area contributed by atoms with Gasteiger partial charge in [-0.2, -0.15) is 0 Å². The van der Waals surface area contributed by atoms with Gasteiger partial charge in [0.15, 0.2) is 0 Å². The molecular formula is C14H23N3O3. The first-order valence-electron chi connectivity index (χ1n) is 7.06. The highest BCUT2D eigenvalue weighted by Crippen LogP contribution is 2.13. The van der Waals surface area contributed by atoms with Crippen LogP contribution in [0.2, 0.25) is 0 Å². The van der Waals surface area contributed by atoms with Crippen LogP contribution in [0.3, 0.4) is 0 Å². The highest BCUT2D eigenvalue weighted by atomic mass is 16.5. The minimum absolute atomic E-state index is 0.216. The van der Waals surface area contributed by atoms with Crippen molar-refractivity contribution in [2.75, 3.05) is 19.6 Å². The Morgan fingerprint density at radius 2 is 2.15 bits per heavy atom. The third-order valence-electron chi connectivity index (χ3n) is 3.48. The second kappa shape index (κ2) is 6.37. The van der Waals surface area contributed by atoms with Crippen LogP contribution >= 0.6 is 0 Å². The van der Waals surface area contributed by atoms with Crippen molar-refractivity contribution < 1.29 is 14.1 Å². The van der Waals surface area contributed by atoms with E-state index in [1.165, 1.54) is 0 Å². The second-order valence-corrected chi connectivity index (χ2v) is 5.60. The van der Waals surface area contributed by atoms with Crippen LogP contribution in [0.1, 0.15) is 37.0 Å². The molecule has 0 unspecified atom stereocenters. The van der Waals surface area contributed by atoms with E-state index < -0.39 is 0 Å². The van der Waals surface area contributed by atoms with E-state index in [9.17, 15) is 4.79 Å². The molecule has 1 aromatic heterocycles. The first kappa shape index (κ1) is 15.0. The summed E-state index contributed by atoms with van der Waals surface area (Å²) >= 11 is 0. The minimum Gasteiger partial charge on any atom is -0.373 e. The summed E-state index contributed by atoms with van der Waals surface area (Å²) < 4.78 is 10.7. The molecule has 112 valence electrons. The maximum atomic E-state index is 11.9. The summed E-state index contributed by atoms with van der Waals surface area (Å²) in [5, 5.41) is 6.60. The normalized spacial score (nSPS) is 25.4. The predicted octanol–water partition coefficient (Wildman–Crippen LogP) is 1.21. The molecular weight excluding hydrogens is 258 g/mol. The van der Waals surface area contributed by atoms with E-state index in [1.807, 2.05) is 0 Å². The fourth-order valence-electron chi connectivity index (χ4n) is 2.50. The number of morpholine rings is 1. The molecule has 1 aromatic rings. The van der Waals surface area contributed by atoms with Crippen molar-refractivity contribution in [2.24, 2.45) is 0 Å². The zero-order valence-corrected chi connectivity index (χ0v) is 12.5. The van der Waals surface area contributed by atoms with Gasteiger partial charge >= 0.3 is 0 Å². The molecule has 1 saturated heterocycles. The molecule has 3 atom stereocenters. The van der Waals surface area contributed by atoms with Crippen LogP contribution in [0.25, 0.3) is 0 Å². The van der Waals surface area contributed by atoms with Crippen LogP contribution in [-0.2, 0) is 4.74 Å². The zero-order valence-electron chi connectivity index (χ0n) is 12.5. The number of ether oxygens (including phenoxy) is 1.